The summed E-state index contributed by atoms with van der Waals surface area (Å²) in [6, 6.07) is 5.21. The lowest BCUT2D eigenvalue weighted by Gasteiger charge is -2.22. The second-order valence-corrected chi connectivity index (χ2v) is 5.60. The third-order valence-electron chi connectivity index (χ3n) is 2.65. The number of thioether (sulfide) groups is 1. The van der Waals surface area contributed by atoms with Gasteiger partial charge in [0.05, 0.1) is 10.6 Å². The fourth-order valence-corrected chi connectivity index (χ4v) is 3.35. The number of benzene rings is 1. The van der Waals surface area contributed by atoms with E-state index in [1.54, 1.807) is 23.9 Å². The number of carboxylic acid groups (broad SMARTS) is 1. The van der Waals surface area contributed by atoms with E-state index >= 15 is 0 Å². The first-order valence-electron chi connectivity index (χ1n) is 5.44. The number of rotatable bonds is 3. The van der Waals surface area contributed by atoms with Crippen molar-refractivity contribution in [3.8, 4) is 0 Å². The van der Waals surface area contributed by atoms with Gasteiger partial charge in [-0.1, -0.05) is 17.7 Å². The van der Waals surface area contributed by atoms with Gasteiger partial charge >= 0.3 is 5.97 Å². The van der Waals surface area contributed by atoms with E-state index in [1.165, 1.54) is 0 Å². The van der Waals surface area contributed by atoms with Crippen LogP contribution in [0, 0.1) is 0 Å². The molecule has 1 heterocycles. The summed E-state index contributed by atoms with van der Waals surface area (Å²) in [5.74, 6) is -0.967. The number of halogens is 1. The maximum atomic E-state index is 11.2. The first-order chi connectivity index (χ1) is 8.18. The summed E-state index contributed by atoms with van der Waals surface area (Å²) in [6.45, 7) is 1.50. The molecular weight excluding hydrogens is 260 g/mol. The van der Waals surface area contributed by atoms with Gasteiger partial charge in [-0.2, -0.15) is 0 Å². The molecule has 0 radical (unpaired) electrons. The largest absolute Gasteiger partial charge is 0.478 e. The summed E-state index contributed by atoms with van der Waals surface area (Å²) < 4.78 is 5.28. The van der Waals surface area contributed by atoms with E-state index in [0.29, 0.717) is 10.3 Å². The molecule has 1 saturated heterocycles. The number of carbonyl (C=O) groups is 1. The Balaban J connectivity index is 2.19. The molecule has 5 heteroatoms. The van der Waals surface area contributed by atoms with Crippen molar-refractivity contribution in [3.63, 3.8) is 0 Å². The predicted octanol–water partition coefficient (Wildman–Crippen LogP) is 3.31. The summed E-state index contributed by atoms with van der Waals surface area (Å²) in [4.78, 5) is 11.9. The Morgan fingerprint density at radius 3 is 2.76 bits per heavy atom. The van der Waals surface area contributed by atoms with Crippen LogP contribution in [0.3, 0.4) is 0 Å². The lowest BCUT2D eigenvalue weighted by molar-refractivity contribution is 0.0693. The van der Waals surface area contributed by atoms with E-state index in [9.17, 15) is 4.79 Å². The summed E-state index contributed by atoms with van der Waals surface area (Å²) in [5.41, 5.74) is 0.214. The Morgan fingerprint density at radius 1 is 1.41 bits per heavy atom. The fourth-order valence-electron chi connectivity index (χ4n) is 1.78. The van der Waals surface area contributed by atoms with Gasteiger partial charge in [0, 0.05) is 23.4 Å². The van der Waals surface area contributed by atoms with Crippen molar-refractivity contribution in [1.82, 2.24) is 0 Å². The van der Waals surface area contributed by atoms with E-state index in [-0.39, 0.29) is 5.56 Å². The number of ether oxygens (including phenoxy) is 1. The lowest BCUT2D eigenvalue weighted by atomic mass is 10.2. The highest BCUT2D eigenvalue weighted by Crippen LogP contribution is 2.34. The Morgan fingerprint density at radius 2 is 2.12 bits per heavy atom. The summed E-state index contributed by atoms with van der Waals surface area (Å²) in [5, 5.41) is 9.87. The van der Waals surface area contributed by atoms with Gasteiger partial charge in [0.1, 0.15) is 0 Å². The van der Waals surface area contributed by atoms with Crippen LogP contribution >= 0.6 is 23.4 Å². The summed E-state index contributed by atoms with van der Waals surface area (Å²) in [6.07, 6.45) is 1.91. The average Bonchev–Trinajstić information content (AvgIpc) is 2.30. The van der Waals surface area contributed by atoms with Gasteiger partial charge < -0.3 is 9.84 Å². The minimum atomic E-state index is -0.967. The highest BCUT2D eigenvalue weighted by atomic mass is 35.5. The Labute approximate surface area is 109 Å². The van der Waals surface area contributed by atoms with Crippen LogP contribution in [0.4, 0.5) is 0 Å². The molecule has 0 saturated carbocycles. The number of aromatic carboxylic acids is 1. The third kappa shape index (κ3) is 3.15. The Kier molecular flexibility index (Phi) is 4.31. The minimum absolute atomic E-state index is 0.214. The molecule has 0 atom stereocenters. The molecule has 17 heavy (non-hydrogen) atoms. The number of hydrogen-bond donors (Lipinski definition) is 1. The van der Waals surface area contributed by atoms with Crippen LogP contribution in [0.2, 0.25) is 5.02 Å². The van der Waals surface area contributed by atoms with Gasteiger partial charge in [0.2, 0.25) is 0 Å². The van der Waals surface area contributed by atoms with Crippen LogP contribution in [0.1, 0.15) is 23.2 Å². The fraction of sp³-hybridized carbons (Fsp3) is 0.417. The van der Waals surface area contributed by atoms with Gasteiger partial charge in [-0.3, -0.25) is 0 Å². The smallest absolute Gasteiger partial charge is 0.338 e. The van der Waals surface area contributed by atoms with Crippen LogP contribution in [0.25, 0.3) is 0 Å². The van der Waals surface area contributed by atoms with Crippen LogP contribution in [-0.2, 0) is 4.74 Å². The molecule has 1 aromatic rings. The van der Waals surface area contributed by atoms with E-state index < -0.39 is 5.97 Å². The molecule has 0 amide bonds. The van der Waals surface area contributed by atoms with Crippen molar-refractivity contribution in [2.45, 2.75) is 23.0 Å². The number of hydrogen-bond acceptors (Lipinski definition) is 3. The van der Waals surface area contributed by atoms with Crippen LogP contribution < -0.4 is 0 Å². The zero-order chi connectivity index (χ0) is 12.3. The number of carboxylic acids is 1. The molecule has 1 aliphatic rings. The highest BCUT2D eigenvalue weighted by molar-refractivity contribution is 8.00. The molecule has 92 valence electrons. The molecule has 1 aromatic carbocycles. The van der Waals surface area contributed by atoms with Crippen molar-refractivity contribution in [3.05, 3.63) is 28.8 Å². The molecule has 0 bridgehead atoms. The molecule has 0 aliphatic carbocycles. The monoisotopic (exact) mass is 272 g/mol. The van der Waals surface area contributed by atoms with Crippen molar-refractivity contribution in [2.75, 3.05) is 13.2 Å². The third-order valence-corrected chi connectivity index (χ3v) is 4.37. The van der Waals surface area contributed by atoms with Gasteiger partial charge in [0.15, 0.2) is 0 Å². The van der Waals surface area contributed by atoms with Gasteiger partial charge in [-0.05, 0) is 25.0 Å². The Bertz CT molecular complexity index is 416. The molecule has 0 spiro atoms. The minimum Gasteiger partial charge on any atom is -0.478 e. The van der Waals surface area contributed by atoms with Crippen molar-refractivity contribution in [2.24, 2.45) is 0 Å². The van der Waals surface area contributed by atoms with Crippen molar-refractivity contribution >= 4 is 29.3 Å². The quantitative estimate of drug-likeness (QED) is 0.917. The van der Waals surface area contributed by atoms with E-state index in [1.807, 2.05) is 6.07 Å². The van der Waals surface area contributed by atoms with Crippen molar-refractivity contribution < 1.29 is 14.6 Å². The normalized spacial score (nSPS) is 17.0. The molecule has 2 rings (SSSR count). The topological polar surface area (TPSA) is 46.5 Å². The summed E-state index contributed by atoms with van der Waals surface area (Å²) in [7, 11) is 0. The second-order valence-electron chi connectivity index (χ2n) is 3.85. The first-order valence-corrected chi connectivity index (χ1v) is 6.70. The van der Waals surface area contributed by atoms with E-state index in [2.05, 4.69) is 0 Å². The van der Waals surface area contributed by atoms with Gasteiger partial charge in [-0.15, -0.1) is 11.8 Å². The molecule has 0 aromatic heterocycles. The van der Waals surface area contributed by atoms with Crippen LogP contribution in [0.15, 0.2) is 23.1 Å². The average molecular weight is 273 g/mol. The predicted molar refractivity (Wildman–Crippen MR) is 68.1 cm³/mol. The zero-order valence-corrected chi connectivity index (χ0v) is 10.8. The molecule has 1 N–H and O–H groups in total. The lowest BCUT2D eigenvalue weighted by Crippen LogP contribution is -2.17. The Hall–Kier alpha value is -0.710. The van der Waals surface area contributed by atoms with Gasteiger partial charge in [-0.25, -0.2) is 4.79 Å². The van der Waals surface area contributed by atoms with Crippen LogP contribution in [0.5, 0.6) is 0 Å². The maximum Gasteiger partial charge on any atom is 0.338 e. The van der Waals surface area contributed by atoms with Gasteiger partial charge in [0.25, 0.3) is 0 Å². The summed E-state index contributed by atoms with van der Waals surface area (Å²) >= 11 is 7.51. The first kappa shape index (κ1) is 12.7. The SMILES string of the molecule is O=C(O)c1c(Cl)cccc1SC1CCOCC1. The zero-order valence-electron chi connectivity index (χ0n) is 9.19. The van der Waals surface area contributed by atoms with E-state index in [0.717, 1.165) is 31.0 Å². The maximum absolute atomic E-state index is 11.2. The molecule has 1 aliphatic heterocycles. The van der Waals surface area contributed by atoms with Crippen LogP contribution in [-0.4, -0.2) is 29.5 Å². The molecule has 1 fully saturated rings. The molecule has 0 unspecified atom stereocenters. The second kappa shape index (κ2) is 5.76. The van der Waals surface area contributed by atoms with E-state index in [4.69, 9.17) is 21.4 Å². The standard InChI is InChI=1S/C12H13ClO3S/c13-9-2-1-3-10(11(9)12(14)15)17-8-4-6-16-7-5-8/h1-3,8H,4-7H2,(H,14,15). The highest BCUT2D eigenvalue weighted by Gasteiger charge is 2.20. The van der Waals surface area contributed by atoms with Crippen molar-refractivity contribution in [1.29, 1.82) is 0 Å². The molecule has 3 nitrogen and oxygen atoms in total. The molecular formula is C12H13ClO3S.